The van der Waals surface area contributed by atoms with Crippen LogP contribution in [0.4, 0.5) is 0 Å². The van der Waals surface area contributed by atoms with Crippen LogP contribution in [0.5, 0.6) is 0 Å². The van der Waals surface area contributed by atoms with Crippen LogP contribution in [-0.2, 0) is 9.53 Å². The van der Waals surface area contributed by atoms with Gasteiger partial charge in [-0.25, -0.2) is 0 Å². The van der Waals surface area contributed by atoms with Crippen LogP contribution < -0.4 is 5.73 Å². The molecule has 1 saturated carbocycles. The summed E-state index contributed by atoms with van der Waals surface area (Å²) >= 11 is 0. The fourth-order valence-corrected chi connectivity index (χ4v) is 2.54. The molecule has 2 N–H and O–H groups in total. The largest absolute Gasteiger partial charge is 0.380 e. The second-order valence-corrected chi connectivity index (χ2v) is 4.76. The van der Waals surface area contributed by atoms with Crippen molar-refractivity contribution in [3.63, 3.8) is 0 Å². The second kappa shape index (κ2) is 4.49. The van der Waals surface area contributed by atoms with E-state index in [-0.39, 0.29) is 18.1 Å². The SMILES string of the molecule is CO[C@H]1C[C@@H](C(N)=O)N(CC2CCC2)C1. The zero-order chi connectivity index (χ0) is 10.8. The molecule has 1 aliphatic heterocycles. The molecule has 0 aromatic rings. The van der Waals surface area contributed by atoms with E-state index in [1.807, 2.05) is 0 Å². The third-order valence-electron chi connectivity index (χ3n) is 3.74. The molecule has 15 heavy (non-hydrogen) atoms. The minimum atomic E-state index is -0.200. The zero-order valence-electron chi connectivity index (χ0n) is 9.32. The lowest BCUT2D eigenvalue weighted by Crippen LogP contribution is -2.43. The first kappa shape index (κ1) is 10.9. The number of rotatable bonds is 4. The van der Waals surface area contributed by atoms with E-state index in [9.17, 15) is 4.79 Å². The fraction of sp³-hybridized carbons (Fsp3) is 0.909. The number of carbonyl (C=O) groups excluding carboxylic acids is 1. The van der Waals surface area contributed by atoms with Gasteiger partial charge in [-0.2, -0.15) is 0 Å². The molecule has 4 nitrogen and oxygen atoms in total. The minimum Gasteiger partial charge on any atom is -0.380 e. The Bertz CT molecular complexity index is 241. The van der Waals surface area contributed by atoms with Crippen LogP contribution in [0.15, 0.2) is 0 Å². The van der Waals surface area contributed by atoms with Crippen molar-refractivity contribution < 1.29 is 9.53 Å². The van der Waals surface area contributed by atoms with Gasteiger partial charge < -0.3 is 10.5 Å². The van der Waals surface area contributed by atoms with E-state index in [4.69, 9.17) is 10.5 Å². The van der Waals surface area contributed by atoms with E-state index in [0.29, 0.717) is 0 Å². The summed E-state index contributed by atoms with van der Waals surface area (Å²) in [5, 5.41) is 0. The average Bonchev–Trinajstić information content (AvgIpc) is 2.54. The number of ether oxygens (including phenoxy) is 1. The molecule has 1 heterocycles. The molecule has 2 aliphatic rings. The Labute approximate surface area is 90.8 Å². The molecule has 86 valence electrons. The highest BCUT2D eigenvalue weighted by molar-refractivity contribution is 5.80. The third-order valence-corrected chi connectivity index (χ3v) is 3.74. The predicted molar refractivity (Wildman–Crippen MR) is 57.3 cm³/mol. The molecule has 2 fully saturated rings. The summed E-state index contributed by atoms with van der Waals surface area (Å²) in [7, 11) is 1.70. The van der Waals surface area contributed by atoms with Crippen LogP contribution in [-0.4, -0.2) is 43.2 Å². The first-order valence-electron chi connectivity index (χ1n) is 5.77. The Kier molecular flexibility index (Phi) is 3.26. The number of nitrogens with two attached hydrogens (primary N) is 1. The van der Waals surface area contributed by atoms with E-state index < -0.39 is 0 Å². The van der Waals surface area contributed by atoms with Crippen molar-refractivity contribution >= 4 is 5.91 Å². The van der Waals surface area contributed by atoms with Crippen LogP contribution in [0.3, 0.4) is 0 Å². The molecule has 2 rings (SSSR count). The molecule has 2 atom stereocenters. The monoisotopic (exact) mass is 212 g/mol. The second-order valence-electron chi connectivity index (χ2n) is 4.76. The van der Waals surface area contributed by atoms with Crippen molar-refractivity contribution in [3.05, 3.63) is 0 Å². The molecular weight excluding hydrogens is 192 g/mol. The Morgan fingerprint density at radius 3 is 2.73 bits per heavy atom. The summed E-state index contributed by atoms with van der Waals surface area (Å²) in [6.45, 7) is 1.88. The Morgan fingerprint density at radius 1 is 1.53 bits per heavy atom. The maximum Gasteiger partial charge on any atom is 0.234 e. The molecule has 0 spiro atoms. The van der Waals surface area contributed by atoms with Crippen LogP contribution in [0.2, 0.25) is 0 Å². The number of amides is 1. The molecule has 0 radical (unpaired) electrons. The van der Waals surface area contributed by atoms with Gasteiger partial charge in [-0.1, -0.05) is 6.42 Å². The maximum absolute atomic E-state index is 11.3. The fourth-order valence-electron chi connectivity index (χ4n) is 2.54. The molecular formula is C11H20N2O2. The Balaban J connectivity index is 1.91. The van der Waals surface area contributed by atoms with Crippen molar-refractivity contribution in [2.75, 3.05) is 20.2 Å². The maximum atomic E-state index is 11.3. The lowest BCUT2D eigenvalue weighted by Gasteiger charge is -2.32. The number of hydrogen-bond donors (Lipinski definition) is 1. The minimum absolute atomic E-state index is 0.101. The highest BCUT2D eigenvalue weighted by Crippen LogP contribution is 2.30. The normalized spacial score (nSPS) is 32.9. The van der Waals surface area contributed by atoms with Crippen LogP contribution in [0.1, 0.15) is 25.7 Å². The molecule has 0 aromatic carbocycles. The number of primary amides is 1. The smallest absolute Gasteiger partial charge is 0.234 e. The van der Waals surface area contributed by atoms with Crippen molar-refractivity contribution in [1.29, 1.82) is 0 Å². The first-order chi connectivity index (χ1) is 7.20. The van der Waals surface area contributed by atoms with E-state index in [1.54, 1.807) is 7.11 Å². The van der Waals surface area contributed by atoms with Gasteiger partial charge in [-0.15, -0.1) is 0 Å². The van der Waals surface area contributed by atoms with Crippen LogP contribution in [0, 0.1) is 5.92 Å². The van der Waals surface area contributed by atoms with E-state index in [2.05, 4.69) is 4.90 Å². The van der Waals surface area contributed by atoms with Gasteiger partial charge in [0.1, 0.15) is 0 Å². The van der Waals surface area contributed by atoms with E-state index >= 15 is 0 Å². The summed E-state index contributed by atoms with van der Waals surface area (Å²) in [5.41, 5.74) is 5.40. The molecule has 1 amide bonds. The van der Waals surface area contributed by atoms with Gasteiger partial charge in [0.05, 0.1) is 12.1 Å². The summed E-state index contributed by atoms with van der Waals surface area (Å²) in [6.07, 6.45) is 4.90. The van der Waals surface area contributed by atoms with Gasteiger partial charge in [0.15, 0.2) is 0 Å². The molecule has 0 aromatic heterocycles. The van der Waals surface area contributed by atoms with Crippen LogP contribution in [0.25, 0.3) is 0 Å². The quantitative estimate of drug-likeness (QED) is 0.732. The molecule has 0 unspecified atom stereocenters. The lowest BCUT2D eigenvalue weighted by molar-refractivity contribution is -0.122. The lowest BCUT2D eigenvalue weighted by atomic mass is 9.85. The third kappa shape index (κ3) is 2.32. The van der Waals surface area contributed by atoms with Crippen molar-refractivity contribution in [3.8, 4) is 0 Å². The number of hydrogen-bond acceptors (Lipinski definition) is 3. The molecule has 4 heteroatoms. The van der Waals surface area contributed by atoms with E-state index in [0.717, 1.165) is 25.4 Å². The molecule has 0 bridgehead atoms. The van der Waals surface area contributed by atoms with Gasteiger partial charge in [0, 0.05) is 20.2 Å². The topological polar surface area (TPSA) is 55.6 Å². The van der Waals surface area contributed by atoms with Crippen molar-refractivity contribution in [1.82, 2.24) is 4.90 Å². The first-order valence-corrected chi connectivity index (χ1v) is 5.77. The van der Waals surface area contributed by atoms with Crippen molar-refractivity contribution in [2.24, 2.45) is 11.7 Å². The number of carbonyl (C=O) groups is 1. The average molecular weight is 212 g/mol. The number of likely N-dealkylation sites (tertiary alicyclic amines) is 1. The van der Waals surface area contributed by atoms with Crippen molar-refractivity contribution in [2.45, 2.75) is 37.8 Å². The van der Waals surface area contributed by atoms with Gasteiger partial charge in [0.25, 0.3) is 0 Å². The molecule has 1 saturated heterocycles. The summed E-state index contributed by atoms with van der Waals surface area (Å²) < 4.78 is 5.31. The molecule has 1 aliphatic carbocycles. The highest BCUT2D eigenvalue weighted by Gasteiger charge is 2.37. The van der Waals surface area contributed by atoms with Gasteiger partial charge in [-0.05, 0) is 25.2 Å². The number of methoxy groups -OCH3 is 1. The Hall–Kier alpha value is -0.610. The van der Waals surface area contributed by atoms with Gasteiger partial charge in [0.2, 0.25) is 5.91 Å². The summed E-state index contributed by atoms with van der Waals surface area (Å²) in [6, 6.07) is -0.101. The Morgan fingerprint density at radius 2 is 2.27 bits per heavy atom. The predicted octanol–water partition coefficient (Wildman–Crippen LogP) is 0.361. The summed E-state index contributed by atoms with van der Waals surface area (Å²) in [4.78, 5) is 13.5. The summed E-state index contributed by atoms with van der Waals surface area (Å²) in [5.74, 6) is 0.580. The number of nitrogens with zero attached hydrogens (tertiary/aromatic N) is 1. The van der Waals surface area contributed by atoms with Crippen LogP contribution >= 0.6 is 0 Å². The highest BCUT2D eigenvalue weighted by atomic mass is 16.5. The van der Waals surface area contributed by atoms with Gasteiger partial charge in [-0.3, -0.25) is 9.69 Å². The zero-order valence-corrected chi connectivity index (χ0v) is 9.32. The van der Waals surface area contributed by atoms with E-state index in [1.165, 1.54) is 19.3 Å². The standard InChI is InChI=1S/C11H20N2O2/c1-15-9-5-10(11(12)14)13(7-9)6-8-3-2-4-8/h8-10H,2-7H2,1H3,(H2,12,14)/t9-,10-/m0/s1. The van der Waals surface area contributed by atoms with Gasteiger partial charge >= 0.3 is 0 Å².